The molecule has 1 aliphatic rings. The molecule has 0 aliphatic carbocycles. The lowest BCUT2D eigenvalue weighted by molar-refractivity contribution is -0.154. The van der Waals surface area contributed by atoms with Gasteiger partial charge in [0.25, 0.3) is 0 Å². The lowest BCUT2D eigenvalue weighted by Gasteiger charge is -2.17. The summed E-state index contributed by atoms with van der Waals surface area (Å²) in [7, 11) is 0. The van der Waals surface area contributed by atoms with Gasteiger partial charge in [-0.05, 0) is 6.42 Å². The Morgan fingerprint density at radius 1 is 1.45 bits per heavy atom. The van der Waals surface area contributed by atoms with Crippen molar-refractivity contribution in [2.75, 3.05) is 0 Å². The highest BCUT2D eigenvalue weighted by Gasteiger charge is 2.47. The molecule has 0 aromatic carbocycles. The van der Waals surface area contributed by atoms with Gasteiger partial charge in [-0.2, -0.15) is 13.2 Å². The van der Waals surface area contributed by atoms with Gasteiger partial charge >= 0.3 is 6.18 Å². The summed E-state index contributed by atoms with van der Waals surface area (Å²) in [4.78, 5) is 3.47. The minimum atomic E-state index is -4.27. The van der Waals surface area contributed by atoms with E-state index in [0.717, 1.165) is 0 Å². The number of hydrogen-bond donors (Lipinski definition) is 0. The van der Waals surface area contributed by atoms with Gasteiger partial charge in [-0.25, -0.2) is 5.32 Å². The van der Waals surface area contributed by atoms with E-state index in [1.807, 2.05) is 6.34 Å². The first-order chi connectivity index (χ1) is 5.05. The standard InChI is InChI=1S/C6H7F3N2/c1-2-4-5(6(7,8)9)11-3-10-4/h4-5H,2H2,1H3. The molecule has 2 radical (unpaired) electrons. The molecule has 0 saturated carbocycles. The van der Waals surface area contributed by atoms with Gasteiger partial charge in [-0.15, -0.1) is 0 Å². The average molecular weight is 164 g/mol. The number of hydrogen-bond acceptors (Lipinski definition) is 1. The summed E-state index contributed by atoms with van der Waals surface area (Å²) in [6, 6.07) is -2.41. The van der Waals surface area contributed by atoms with Crippen LogP contribution in [0.2, 0.25) is 0 Å². The van der Waals surface area contributed by atoms with E-state index in [2.05, 4.69) is 10.3 Å². The molecule has 2 atom stereocenters. The predicted octanol–water partition coefficient (Wildman–Crippen LogP) is 1.22. The van der Waals surface area contributed by atoms with Crippen molar-refractivity contribution in [2.24, 2.45) is 4.99 Å². The van der Waals surface area contributed by atoms with E-state index in [-0.39, 0.29) is 0 Å². The monoisotopic (exact) mass is 164 g/mol. The van der Waals surface area contributed by atoms with E-state index < -0.39 is 18.3 Å². The van der Waals surface area contributed by atoms with Gasteiger partial charge in [0.05, 0.1) is 6.04 Å². The van der Waals surface area contributed by atoms with E-state index in [9.17, 15) is 13.2 Å². The summed E-state index contributed by atoms with van der Waals surface area (Å²) in [6.07, 6.45) is -1.91. The van der Waals surface area contributed by atoms with Crippen molar-refractivity contribution in [1.29, 1.82) is 0 Å². The number of rotatable bonds is 1. The normalized spacial score (nSPS) is 30.5. The molecule has 0 bridgehead atoms. The van der Waals surface area contributed by atoms with Gasteiger partial charge < -0.3 is 0 Å². The highest BCUT2D eigenvalue weighted by molar-refractivity contribution is 5.58. The molecule has 62 valence electrons. The molecule has 0 aromatic rings. The maximum atomic E-state index is 12.0. The molecule has 0 aromatic heterocycles. The highest BCUT2D eigenvalue weighted by atomic mass is 19.4. The molecule has 1 rings (SSSR count). The first-order valence-corrected chi connectivity index (χ1v) is 3.27. The highest BCUT2D eigenvalue weighted by Crippen LogP contribution is 2.27. The van der Waals surface area contributed by atoms with Crippen molar-refractivity contribution in [3.8, 4) is 0 Å². The second-order valence-corrected chi connectivity index (χ2v) is 2.32. The van der Waals surface area contributed by atoms with E-state index >= 15 is 0 Å². The van der Waals surface area contributed by atoms with Crippen LogP contribution in [0, 0.1) is 0 Å². The second kappa shape index (κ2) is 2.71. The molecule has 0 N–H and O–H groups in total. The zero-order valence-corrected chi connectivity index (χ0v) is 5.89. The quantitative estimate of drug-likeness (QED) is 0.557. The summed E-state index contributed by atoms with van der Waals surface area (Å²) in [5, 5.41) is 3.12. The summed E-state index contributed by atoms with van der Waals surface area (Å²) < 4.78 is 36.0. The van der Waals surface area contributed by atoms with Crippen LogP contribution in [0.5, 0.6) is 0 Å². The van der Waals surface area contributed by atoms with Crippen molar-refractivity contribution in [1.82, 2.24) is 5.32 Å². The van der Waals surface area contributed by atoms with Crippen molar-refractivity contribution in [2.45, 2.75) is 31.6 Å². The SMILES string of the molecule is CCC1N=[C][N]C1C(F)(F)F. The third kappa shape index (κ3) is 1.64. The van der Waals surface area contributed by atoms with Crippen LogP contribution in [-0.4, -0.2) is 24.6 Å². The molecule has 0 amide bonds. The molecule has 2 unspecified atom stereocenters. The molecule has 0 saturated heterocycles. The topological polar surface area (TPSA) is 26.5 Å². The minimum Gasteiger partial charge on any atom is -0.258 e. The molecule has 0 spiro atoms. The lowest BCUT2D eigenvalue weighted by atomic mass is 10.1. The average Bonchev–Trinajstić information content (AvgIpc) is 2.31. The van der Waals surface area contributed by atoms with E-state index in [4.69, 9.17) is 0 Å². The Morgan fingerprint density at radius 3 is 2.45 bits per heavy atom. The van der Waals surface area contributed by atoms with Crippen LogP contribution < -0.4 is 5.32 Å². The summed E-state index contributed by atoms with van der Waals surface area (Å²) >= 11 is 0. The lowest BCUT2D eigenvalue weighted by Crippen LogP contribution is -2.41. The zero-order chi connectivity index (χ0) is 8.48. The molecular weight excluding hydrogens is 157 g/mol. The molecule has 1 heterocycles. The predicted molar refractivity (Wildman–Crippen MR) is 33.5 cm³/mol. The molecule has 11 heavy (non-hydrogen) atoms. The van der Waals surface area contributed by atoms with Crippen molar-refractivity contribution < 1.29 is 13.2 Å². The molecular formula is C6H7F3N2. The fourth-order valence-electron chi connectivity index (χ4n) is 0.932. The van der Waals surface area contributed by atoms with Crippen LogP contribution in [0.3, 0.4) is 0 Å². The first kappa shape index (κ1) is 8.36. The second-order valence-electron chi connectivity index (χ2n) is 2.32. The third-order valence-electron chi connectivity index (χ3n) is 1.54. The molecule has 2 nitrogen and oxygen atoms in total. The maximum absolute atomic E-state index is 12.0. The Bertz CT molecular complexity index is 164. The van der Waals surface area contributed by atoms with Crippen LogP contribution in [0.25, 0.3) is 0 Å². The van der Waals surface area contributed by atoms with Crippen molar-refractivity contribution in [3.05, 3.63) is 0 Å². The summed E-state index contributed by atoms with van der Waals surface area (Å²) in [5.74, 6) is 0. The molecule has 0 fully saturated rings. The van der Waals surface area contributed by atoms with Gasteiger partial charge in [0, 0.05) is 0 Å². The molecule has 1 aliphatic heterocycles. The van der Waals surface area contributed by atoms with Crippen LogP contribution in [0.15, 0.2) is 4.99 Å². The van der Waals surface area contributed by atoms with Gasteiger partial charge in [-0.1, -0.05) is 6.92 Å². The van der Waals surface area contributed by atoms with Crippen molar-refractivity contribution in [3.63, 3.8) is 0 Å². The van der Waals surface area contributed by atoms with Crippen molar-refractivity contribution >= 4 is 6.34 Å². The zero-order valence-electron chi connectivity index (χ0n) is 5.89. The van der Waals surface area contributed by atoms with E-state index in [0.29, 0.717) is 6.42 Å². The summed E-state index contributed by atoms with van der Waals surface area (Å²) in [5.41, 5.74) is 0. The van der Waals surface area contributed by atoms with Crippen LogP contribution in [-0.2, 0) is 0 Å². The number of aliphatic imine (C=N–C) groups is 1. The fraction of sp³-hybridized carbons (Fsp3) is 0.833. The van der Waals surface area contributed by atoms with E-state index in [1.54, 1.807) is 6.92 Å². The Hall–Kier alpha value is -0.740. The number of halogens is 3. The smallest absolute Gasteiger partial charge is 0.258 e. The number of alkyl halides is 3. The largest absolute Gasteiger partial charge is 0.412 e. The third-order valence-corrected chi connectivity index (χ3v) is 1.54. The van der Waals surface area contributed by atoms with Gasteiger partial charge in [-0.3, -0.25) is 4.99 Å². The Morgan fingerprint density at radius 2 is 2.09 bits per heavy atom. The maximum Gasteiger partial charge on any atom is 0.412 e. The summed E-state index contributed by atoms with van der Waals surface area (Å²) in [6.45, 7) is 1.65. The van der Waals surface area contributed by atoms with Gasteiger partial charge in [0.2, 0.25) is 0 Å². The molecule has 5 heteroatoms. The fourth-order valence-corrected chi connectivity index (χ4v) is 0.932. The van der Waals surface area contributed by atoms with Crippen LogP contribution >= 0.6 is 0 Å². The van der Waals surface area contributed by atoms with Gasteiger partial charge in [0.1, 0.15) is 0 Å². The minimum absolute atomic E-state index is 0.348. The number of nitrogens with zero attached hydrogens (tertiary/aromatic N) is 2. The Kier molecular flexibility index (Phi) is 2.06. The first-order valence-electron chi connectivity index (χ1n) is 3.27. The Labute approximate surface area is 62.5 Å². The van der Waals surface area contributed by atoms with Crippen LogP contribution in [0.4, 0.5) is 13.2 Å². The van der Waals surface area contributed by atoms with Gasteiger partial charge in [0.15, 0.2) is 12.4 Å². The Balaban J connectivity index is 2.61. The van der Waals surface area contributed by atoms with Crippen LogP contribution in [0.1, 0.15) is 13.3 Å². The van der Waals surface area contributed by atoms with E-state index in [1.165, 1.54) is 0 Å².